The van der Waals surface area contributed by atoms with Crippen LogP contribution in [-0.2, 0) is 18.4 Å². The number of nitrogens with one attached hydrogen (secondary N) is 1. The standard InChI is InChI=1S/C19H15N5O2S/c1-12-13(7-16(9-21)24(12)2)6-14(8-20)18(25)22-10-15-11-26-19(23-15)17-4-3-5-27-17/h3-7,11H,10H2,1-2H3,(H,22,25)/b14-6+. The number of oxazole rings is 1. The second-order valence-corrected chi connectivity index (χ2v) is 6.66. The second-order valence-electron chi connectivity index (χ2n) is 5.71. The third kappa shape index (κ3) is 3.81. The van der Waals surface area contributed by atoms with Crippen molar-refractivity contribution < 1.29 is 9.21 Å². The van der Waals surface area contributed by atoms with Crippen molar-refractivity contribution in [1.82, 2.24) is 14.9 Å². The van der Waals surface area contributed by atoms with E-state index in [1.165, 1.54) is 23.7 Å². The van der Waals surface area contributed by atoms with Crippen LogP contribution in [0.2, 0.25) is 0 Å². The van der Waals surface area contributed by atoms with Gasteiger partial charge in [0.25, 0.3) is 5.91 Å². The SMILES string of the molecule is Cc1c(/C=C(\C#N)C(=O)NCc2coc(-c3cccs3)n2)cc(C#N)n1C. The summed E-state index contributed by atoms with van der Waals surface area (Å²) in [6, 6.07) is 9.41. The van der Waals surface area contributed by atoms with Crippen LogP contribution in [0.5, 0.6) is 0 Å². The molecule has 1 amide bonds. The molecule has 0 bridgehead atoms. The van der Waals surface area contributed by atoms with Gasteiger partial charge in [0.2, 0.25) is 5.89 Å². The van der Waals surface area contributed by atoms with Crippen molar-refractivity contribution in [3.05, 3.63) is 58.1 Å². The first-order valence-electron chi connectivity index (χ1n) is 7.98. The molecule has 0 unspecified atom stereocenters. The monoisotopic (exact) mass is 377 g/mol. The van der Waals surface area contributed by atoms with Crippen LogP contribution in [0, 0.1) is 29.6 Å². The molecule has 0 saturated heterocycles. The molecule has 134 valence electrons. The average Bonchev–Trinajstić information content (AvgIpc) is 3.40. The Morgan fingerprint density at radius 3 is 2.93 bits per heavy atom. The molecule has 7 nitrogen and oxygen atoms in total. The van der Waals surface area contributed by atoms with Crippen LogP contribution in [-0.4, -0.2) is 15.5 Å². The molecule has 0 aliphatic rings. The van der Waals surface area contributed by atoms with E-state index < -0.39 is 5.91 Å². The van der Waals surface area contributed by atoms with E-state index in [1.807, 2.05) is 30.5 Å². The van der Waals surface area contributed by atoms with Gasteiger partial charge in [-0.2, -0.15) is 10.5 Å². The van der Waals surface area contributed by atoms with Gasteiger partial charge in [0.15, 0.2) is 0 Å². The summed E-state index contributed by atoms with van der Waals surface area (Å²) in [4.78, 5) is 17.6. The normalized spacial score (nSPS) is 11.0. The number of amides is 1. The lowest BCUT2D eigenvalue weighted by atomic mass is 10.1. The lowest BCUT2D eigenvalue weighted by Gasteiger charge is -2.02. The van der Waals surface area contributed by atoms with Gasteiger partial charge in [0.05, 0.1) is 17.1 Å². The fourth-order valence-electron chi connectivity index (χ4n) is 2.45. The molecule has 0 atom stereocenters. The van der Waals surface area contributed by atoms with Crippen molar-refractivity contribution in [1.29, 1.82) is 10.5 Å². The van der Waals surface area contributed by atoms with E-state index in [4.69, 9.17) is 9.68 Å². The van der Waals surface area contributed by atoms with Gasteiger partial charge in [0, 0.05) is 12.7 Å². The summed E-state index contributed by atoms with van der Waals surface area (Å²) in [6.07, 6.45) is 2.96. The van der Waals surface area contributed by atoms with Crippen molar-refractivity contribution in [3.8, 4) is 22.9 Å². The van der Waals surface area contributed by atoms with E-state index >= 15 is 0 Å². The van der Waals surface area contributed by atoms with Crippen molar-refractivity contribution in [3.63, 3.8) is 0 Å². The molecule has 0 saturated carbocycles. The van der Waals surface area contributed by atoms with Gasteiger partial charge in [-0.25, -0.2) is 4.98 Å². The number of rotatable bonds is 5. The first kappa shape index (κ1) is 18.2. The number of hydrogen-bond donors (Lipinski definition) is 1. The predicted molar refractivity (Wildman–Crippen MR) is 100 cm³/mol. The summed E-state index contributed by atoms with van der Waals surface area (Å²) < 4.78 is 7.11. The number of nitriles is 2. The second kappa shape index (κ2) is 7.73. The maximum Gasteiger partial charge on any atom is 0.262 e. The Labute approximate surface area is 159 Å². The zero-order valence-corrected chi connectivity index (χ0v) is 15.5. The van der Waals surface area contributed by atoms with E-state index in [-0.39, 0.29) is 12.1 Å². The maximum absolute atomic E-state index is 12.3. The predicted octanol–water partition coefficient (Wildman–Crippen LogP) is 3.15. The van der Waals surface area contributed by atoms with Crippen molar-refractivity contribution in [2.75, 3.05) is 0 Å². The largest absolute Gasteiger partial charge is 0.443 e. The van der Waals surface area contributed by atoms with Gasteiger partial charge in [-0.15, -0.1) is 11.3 Å². The Kier molecular flexibility index (Phi) is 5.20. The van der Waals surface area contributed by atoms with Gasteiger partial charge in [-0.05, 0) is 36.1 Å². The van der Waals surface area contributed by atoms with Gasteiger partial charge in [0.1, 0.15) is 29.7 Å². The number of hydrogen-bond acceptors (Lipinski definition) is 6. The molecule has 0 radical (unpaired) electrons. The number of carbonyl (C=O) groups is 1. The number of aromatic nitrogens is 2. The minimum atomic E-state index is -0.514. The van der Waals surface area contributed by atoms with Crippen LogP contribution in [0.4, 0.5) is 0 Å². The lowest BCUT2D eigenvalue weighted by Crippen LogP contribution is -2.24. The highest BCUT2D eigenvalue weighted by Gasteiger charge is 2.14. The van der Waals surface area contributed by atoms with Crippen molar-refractivity contribution >= 4 is 23.3 Å². The number of carbonyl (C=O) groups excluding carboxylic acids is 1. The van der Waals surface area contributed by atoms with Gasteiger partial charge in [-0.3, -0.25) is 4.79 Å². The van der Waals surface area contributed by atoms with Gasteiger partial charge >= 0.3 is 0 Å². The molecule has 0 aliphatic carbocycles. The Morgan fingerprint density at radius 1 is 1.48 bits per heavy atom. The molecule has 3 aromatic rings. The zero-order valence-electron chi connectivity index (χ0n) is 14.7. The Hall–Kier alpha value is -3.62. The molecule has 0 fully saturated rings. The highest BCUT2D eigenvalue weighted by Crippen LogP contribution is 2.23. The van der Waals surface area contributed by atoms with E-state index in [1.54, 1.807) is 17.7 Å². The van der Waals surface area contributed by atoms with Crippen molar-refractivity contribution in [2.24, 2.45) is 7.05 Å². The third-order valence-corrected chi connectivity index (χ3v) is 4.93. The summed E-state index contributed by atoms with van der Waals surface area (Å²) in [6.45, 7) is 1.96. The molecule has 3 heterocycles. The van der Waals surface area contributed by atoms with Crippen LogP contribution in [0.3, 0.4) is 0 Å². The molecule has 8 heteroatoms. The van der Waals surface area contributed by atoms with Crippen LogP contribution >= 0.6 is 11.3 Å². The van der Waals surface area contributed by atoms with Gasteiger partial charge < -0.3 is 14.3 Å². The smallest absolute Gasteiger partial charge is 0.262 e. The van der Waals surface area contributed by atoms with Crippen LogP contribution < -0.4 is 5.32 Å². The topological polar surface area (TPSA) is 108 Å². The molecule has 1 N–H and O–H groups in total. The Balaban J connectivity index is 1.71. The molecular weight excluding hydrogens is 362 g/mol. The first-order valence-corrected chi connectivity index (χ1v) is 8.86. The quantitative estimate of drug-likeness (QED) is 0.543. The van der Waals surface area contributed by atoms with Gasteiger partial charge in [-0.1, -0.05) is 6.07 Å². The summed E-state index contributed by atoms with van der Waals surface area (Å²) in [5.74, 6) is -0.0193. The van der Waals surface area contributed by atoms with Crippen molar-refractivity contribution in [2.45, 2.75) is 13.5 Å². The fourth-order valence-corrected chi connectivity index (χ4v) is 3.10. The Bertz CT molecular complexity index is 1090. The number of thiophene rings is 1. The zero-order chi connectivity index (χ0) is 19.4. The first-order chi connectivity index (χ1) is 13.0. The minimum absolute atomic E-state index is 0.0461. The van der Waals surface area contributed by atoms with E-state index in [0.717, 1.165) is 10.6 Å². The van der Waals surface area contributed by atoms with Crippen LogP contribution in [0.1, 0.15) is 22.6 Å². The average molecular weight is 377 g/mol. The lowest BCUT2D eigenvalue weighted by molar-refractivity contribution is -0.117. The number of nitrogens with zero attached hydrogens (tertiary/aromatic N) is 4. The van der Waals surface area contributed by atoms with E-state index in [2.05, 4.69) is 16.4 Å². The molecule has 0 aliphatic heterocycles. The van der Waals surface area contributed by atoms with Crippen LogP contribution in [0.25, 0.3) is 16.8 Å². The Morgan fingerprint density at radius 2 is 2.30 bits per heavy atom. The highest BCUT2D eigenvalue weighted by atomic mass is 32.1. The molecule has 3 rings (SSSR count). The summed E-state index contributed by atoms with van der Waals surface area (Å²) in [5.41, 5.74) is 2.42. The molecule has 0 aromatic carbocycles. The van der Waals surface area contributed by atoms with Crippen LogP contribution in [0.15, 0.2) is 39.8 Å². The van der Waals surface area contributed by atoms with E-state index in [0.29, 0.717) is 22.8 Å². The summed E-state index contributed by atoms with van der Waals surface area (Å²) >= 11 is 1.51. The summed E-state index contributed by atoms with van der Waals surface area (Å²) in [5, 5.41) is 23.0. The molecule has 3 aromatic heterocycles. The summed E-state index contributed by atoms with van der Waals surface area (Å²) in [7, 11) is 1.76. The minimum Gasteiger partial charge on any atom is -0.443 e. The van der Waals surface area contributed by atoms with E-state index in [9.17, 15) is 10.1 Å². The maximum atomic E-state index is 12.3. The third-order valence-electron chi connectivity index (χ3n) is 4.07. The fraction of sp³-hybridized carbons (Fsp3) is 0.158. The molecule has 0 spiro atoms. The molecule has 27 heavy (non-hydrogen) atoms. The molecular formula is C19H15N5O2S. The highest BCUT2D eigenvalue weighted by molar-refractivity contribution is 7.13.